The molecule has 0 aliphatic heterocycles. The van der Waals surface area contributed by atoms with Crippen molar-refractivity contribution in [2.45, 2.75) is 0 Å². The lowest BCUT2D eigenvalue weighted by molar-refractivity contribution is 0.434. The van der Waals surface area contributed by atoms with Gasteiger partial charge in [0.05, 0.1) is 11.1 Å². The van der Waals surface area contributed by atoms with Crippen molar-refractivity contribution in [3.8, 4) is 17.4 Å². The van der Waals surface area contributed by atoms with Crippen LogP contribution in [0.3, 0.4) is 0 Å². The predicted octanol–water partition coefficient (Wildman–Crippen LogP) is 5.43. The van der Waals surface area contributed by atoms with Gasteiger partial charge in [0.25, 0.3) is 0 Å². The topological polar surface area (TPSA) is 46.8 Å². The minimum atomic E-state index is 0.191. The molecule has 26 heavy (non-hydrogen) atoms. The molecule has 0 saturated heterocycles. The lowest BCUT2D eigenvalue weighted by Gasteiger charge is -2.07. The highest BCUT2D eigenvalue weighted by atomic mass is 16.5. The van der Waals surface area contributed by atoms with Crippen molar-refractivity contribution in [2.24, 2.45) is 12.0 Å². The summed E-state index contributed by atoms with van der Waals surface area (Å²) >= 11 is 0. The summed E-state index contributed by atoms with van der Waals surface area (Å²) < 4.78 is 7.69. The van der Waals surface area contributed by atoms with E-state index >= 15 is 0 Å². The number of aromatic hydroxyl groups is 1. The molecular weight excluding hydrogens is 324 g/mol. The van der Waals surface area contributed by atoms with Gasteiger partial charge in [0.2, 0.25) is 5.88 Å². The molecule has 0 unspecified atom stereocenters. The highest BCUT2D eigenvalue weighted by Gasteiger charge is 2.12. The van der Waals surface area contributed by atoms with Crippen molar-refractivity contribution in [1.29, 1.82) is 0 Å². The van der Waals surface area contributed by atoms with Crippen LogP contribution in [-0.2, 0) is 7.05 Å². The van der Waals surface area contributed by atoms with Gasteiger partial charge in [0.1, 0.15) is 11.4 Å². The molecule has 0 aliphatic carbocycles. The number of ether oxygens (including phenoxy) is 1. The van der Waals surface area contributed by atoms with Crippen molar-refractivity contribution in [2.75, 3.05) is 0 Å². The molecular formula is C22H18N2O2. The lowest BCUT2D eigenvalue weighted by atomic mass is 10.2. The van der Waals surface area contributed by atoms with Crippen LogP contribution in [0.4, 0.5) is 5.69 Å². The van der Waals surface area contributed by atoms with Crippen LogP contribution in [-0.4, -0.2) is 15.9 Å². The molecule has 4 heteroatoms. The molecule has 0 bridgehead atoms. The monoisotopic (exact) mass is 342 g/mol. The van der Waals surface area contributed by atoms with E-state index in [-0.39, 0.29) is 5.88 Å². The summed E-state index contributed by atoms with van der Waals surface area (Å²) in [6, 6.07) is 25.0. The number of hydrogen-bond acceptors (Lipinski definition) is 3. The van der Waals surface area contributed by atoms with Gasteiger partial charge in [0.15, 0.2) is 5.75 Å². The molecule has 128 valence electrons. The standard InChI is InChI=1S/C22H18N2O2/c1-24-20-13-7-5-11-17(20)18(22(24)25)15-23-19-12-6-8-14-21(19)26-16-9-3-2-4-10-16/h2-15,25H,1H3. The van der Waals surface area contributed by atoms with Gasteiger partial charge in [-0.05, 0) is 30.3 Å². The molecule has 1 N–H and O–H groups in total. The maximum atomic E-state index is 10.4. The molecule has 4 aromatic rings. The number of aryl methyl sites for hydroxylation is 1. The van der Waals surface area contributed by atoms with E-state index in [4.69, 9.17) is 4.74 Å². The molecule has 0 aliphatic rings. The largest absolute Gasteiger partial charge is 0.494 e. The minimum absolute atomic E-state index is 0.191. The third-order valence-corrected chi connectivity index (χ3v) is 4.28. The molecule has 4 nitrogen and oxygen atoms in total. The fourth-order valence-corrected chi connectivity index (χ4v) is 2.94. The van der Waals surface area contributed by atoms with Gasteiger partial charge in [-0.1, -0.05) is 48.5 Å². The summed E-state index contributed by atoms with van der Waals surface area (Å²) in [5, 5.41) is 11.4. The number of aliphatic imine (C=N–C) groups is 1. The van der Waals surface area contributed by atoms with E-state index in [1.807, 2.05) is 85.9 Å². The van der Waals surface area contributed by atoms with Crippen molar-refractivity contribution >= 4 is 22.8 Å². The second-order valence-electron chi connectivity index (χ2n) is 5.95. The SMILES string of the molecule is Cn1c(O)c(C=Nc2ccccc2Oc2ccccc2)c2ccccc21. The van der Waals surface area contributed by atoms with Crippen LogP contribution in [0.2, 0.25) is 0 Å². The zero-order valence-corrected chi connectivity index (χ0v) is 14.3. The molecule has 0 fully saturated rings. The van der Waals surface area contributed by atoms with Crippen LogP contribution < -0.4 is 4.74 Å². The van der Waals surface area contributed by atoms with E-state index in [0.717, 1.165) is 16.7 Å². The van der Waals surface area contributed by atoms with Gasteiger partial charge in [0, 0.05) is 18.6 Å². The summed E-state index contributed by atoms with van der Waals surface area (Å²) in [7, 11) is 1.83. The van der Waals surface area contributed by atoms with Crippen molar-refractivity contribution in [1.82, 2.24) is 4.57 Å². The molecule has 0 saturated carbocycles. The van der Waals surface area contributed by atoms with Crippen molar-refractivity contribution in [3.63, 3.8) is 0 Å². The van der Waals surface area contributed by atoms with Crippen LogP contribution in [0.1, 0.15) is 5.56 Å². The van der Waals surface area contributed by atoms with Gasteiger partial charge < -0.3 is 14.4 Å². The Balaban J connectivity index is 1.72. The number of fused-ring (bicyclic) bond motifs is 1. The number of benzene rings is 3. The Bertz CT molecular complexity index is 1080. The summed E-state index contributed by atoms with van der Waals surface area (Å²) in [4.78, 5) is 4.57. The third-order valence-electron chi connectivity index (χ3n) is 4.28. The molecule has 0 amide bonds. The van der Waals surface area contributed by atoms with Crippen LogP contribution in [0.5, 0.6) is 17.4 Å². The van der Waals surface area contributed by atoms with E-state index in [0.29, 0.717) is 17.0 Å². The number of aromatic nitrogens is 1. The fourth-order valence-electron chi connectivity index (χ4n) is 2.94. The summed E-state index contributed by atoms with van der Waals surface area (Å²) in [6.07, 6.45) is 1.69. The van der Waals surface area contributed by atoms with Crippen LogP contribution in [0.15, 0.2) is 83.9 Å². The number of para-hydroxylation sites is 4. The van der Waals surface area contributed by atoms with Crippen LogP contribution in [0, 0.1) is 0 Å². The number of rotatable bonds is 4. The Labute approximate surface area is 151 Å². The average Bonchev–Trinajstić information content (AvgIpc) is 2.93. The Morgan fingerprint density at radius 1 is 0.885 bits per heavy atom. The zero-order valence-electron chi connectivity index (χ0n) is 14.3. The first-order valence-corrected chi connectivity index (χ1v) is 8.36. The molecule has 4 rings (SSSR count). The quantitative estimate of drug-likeness (QED) is 0.503. The summed E-state index contributed by atoms with van der Waals surface area (Å²) in [5.41, 5.74) is 2.35. The van der Waals surface area contributed by atoms with E-state index in [1.54, 1.807) is 10.8 Å². The molecule has 0 spiro atoms. The summed E-state index contributed by atoms with van der Waals surface area (Å²) in [5.74, 6) is 1.61. The van der Waals surface area contributed by atoms with Gasteiger partial charge in [-0.3, -0.25) is 4.99 Å². The van der Waals surface area contributed by atoms with Crippen molar-refractivity contribution < 1.29 is 9.84 Å². The highest BCUT2D eigenvalue weighted by Crippen LogP contribution is 2.33. The highest BCUT2D eigenvalue weighted by molar-refractivity contribution is 6.03. The molecule has 3 aromatic carbocycles. The normalized spacial score (nSPS) is 11.3. The predicted molar refractivity (Wildman–Crippen MR) is 105 cm³/mol. The van der Waals surface area contributed by atoms with Gasteiger partial charge in [-0.15, -0.1) is 0 Å². The molecule has 0 atom stereocenters. The van der Waals surface area contributed by atoms with E-state index in [9.17, 15) is 5.11 Å². The Morgan fingerprint density at radius 2 is 1.58 bits per heavy atom. The minimum Gasteiger partial charge on any atom is -0.494 e. The van der Waals surface area contributed by atoms with Gasteiger partial charge in [-0.25, -0.2) is 0 Å². The van der Waals surface area contributed by atoms with Crippen LogP contribution >= 0.6 is 0 Å². The number of hydrogen-bond donors (Lipinski definition) is 1. The van der Waals surface area contributed by atoms with E-state index in [2.05, 4.69) is 4.99 Å². The Morgan fingerprint density at radius 3 is 2.42 bits per heavy atom. The van der Waals surface area contributed by atoms with Crippen LogP contribution in [0.25, 0.3) is 10.9 Å². The van der Waals surface area contributed by atoms with E-state index in [1.165, 1.54) is 0 Å². The first-order chi connectivity index (χ1) is 12.7. The molecule has 0 radical (unpaired) electrons. The van der Waals surface area contributed by atoms with Crippen molar-refractivity contribution in [3.05, 3.63) is 84.4 Å². The second-order valence-corrected chi connectivity index (χ2v) is 5.95. The second kappa shape index (κ2) is 6.76. The van der Waals surface area contributed by atoms with Gasteiger partial charge >= 0.3 is 0 Å². The van der Waals surface area contributed by atoms with Gasteiger partial charge in [-0.2, -0.15) is 0 Å². The maximum Gasteiger partial charge on any atom is 0.200 e. The number of nitrogens with zero attached hydrogens (tertiary/aromatic N) is 2. The first kappa shape index (κ1) is 16.0. The Hall–Kier alpha value is -3.53. The Kier molecular flexibility index (Phi) is 4.15. The molecule has 1 heterocycles. The average molecular weight is 342 g/mol. The maximum absolute atomic E-state index is 10.4. The first-order valence-electron chi connectivity index (χ1n) is 8.36. The third kappa shape index (κ3) is 2.93. The summed E-state index contributed by atoms with van der Waals surface area (Å²) in [6.45, 7) is 0. The zero-order chi connectivity index (χ0) is 17.9. The van der Waals surface area contributed by atoms with E-state index < -0.39 is 0 Å². The smallest absolute Gasteiger partial charge is 0.200 e. The molecule has 1 aromatic heterocycles. The fraction of sp³-hybridized carbons (Fsp3) is 0.0455. The lowest BCUT2D eigenvalue weighted by Crippen LogP contribution is -1.87.